The van der Waals surface area contributed by atoms with Gasteiger partial charge in [0.1, 0.15) is 12.2 Å². The first kappa shape index (κ1) is 14.5. The third-order valence-corrected chi connectivity index (χ3v) is 2.43. The van der Waals surface area contributed by atoms with Crippen molar-refractivity contribution < 1.29 is 23.8 Å². The molecule has 0 aliphatic heterocycles. The number of halogens is 2. The maximum Gasteiger partial charge on any atom is 0.263 e. The molecule has 1 aromatic carbocycles. The van der Waals surface area contributed by atoms with Crippen molar-refractivity contribution in [1.29, 1.82) is 0 Å². The Balaban J connectivity index is 2.73. The Labute approximate surface area is 103 Å². The summed E-state index contributed by atoms with van der Waals surface area (Å²) < 4.78 is 24.9. The van der Waals surface area contributed by atoms with Crippen LogP contribution in [0, 0.1) is 0 Å². The number of benzene rings is 1. The average molecular weight is 259 g/mol. The topological polar surface area (TPSA) is 69.6 Å². The van der Waals surface area contributed by atoms with E-state index in [2.05, 4.69) is 5.32 Å². The SMILES string of the molecule is CC(=O)NCC(O)C(O)c1cccc(C(F)F)c1. The van der Waals surface area contributed by atoms with Crippen LogP contribution >= 0.6 is 0 Å². The molecule has 0 aromatic heterocycles. The molecule has 100 valence electrons. The molecule has 0 aliphatic carbocycles. The minimum atomic E-state index is -2.63. The van der Waals surface area contributed by atoms with Crippen LogP contribution in [-0.4, -0.2) is 28.8 Å². The summed E-state index contributed by atoms with van der Waals surface area (Å²) in [6, 6.07) is 5.19. The number of aliphatic hydroxyl groups excluding tert-OH is 2. The molecule has 0 fully saturated rings. The molecule has 6 heteroatoms. The van der Waals surface area contributed by atoms with Gasteiger partial charge in [-0.15, -0.1) is 0 Å². The quantitative estimate of drug-likeness (QED) is 0.743. The van der Waals surface area contributed by atoms with Gasteiger partial charge in [0.2, 0.25) is 5.91 Å². The lowest BCUT2D eigenvalue weighted by atomic mass is 10.0. The molecule has 3 N–H and O–H groups in total. The zero-order valence-electron chi connectivity index (χ0n) is 9.81. The number of nitrogens with one attached hydrogen (secondary N) is 1. The Morgan fingerprint density at radius 3 is 2.50 bits per heavy atom. The van der Waals surface area contributed by atoms with Gasteiger partial charge in [-0.2, -0.15) is 0 Å². The van der Waals surface area contributed by atoms with Gasteiger partial charge in [0.05, 0.1) is 0 Å². The monoisotopic (exact) mass is 259 g/mol. The van der Waals surface area contributed by atoms with Gasteiger partial charge in [-0.05, 0) is 11.6 Å². The molecule has 0 saturated carbocycles. The zero-order valence-corrected chi connectivity index (χ0v) is 9.81. The van der Waals surface area contributed by atoms with Gasteiger partial charge >= 0.3 is 0 Å². The molecule has 2 atom stereocenters. The first-order valence-electron chi connectivity index (χ1n) is 5.40. The Morgan fingerprint density at radius 1 is 1.33 bits per heavy atom. The Kier molecular flexibility index (Phi) is 5.18. The van der Waals surface area contributed by atoms with Crippen LogP contribution in [0.4, 0.5) is 8.78 Å². The summed E-state index contributed by atoms with van der Waals surface area (Å²) in [6.45, 7) is 1.13. The molecule has 0 spiro atoms. The van der Waals surface area contributed by atoms with E-state index in [0.29, 0.717) is 0 Å². The lowest BCUT2D eigenvalue weighted by Crippen LogP contribution is -2.34. The first-order chi connectivity index (χ1) is 8.41. The largest absolute Gasteiger partial charge is 0.388 e. The Hall–Kier alpha value is -1.53. The summed E-state index contributed by atoms with van der Waals surface area (Å²) in [6.07, 6.45) is -5.21. The van der Waals surface area contributed by atoms with E-state index in [1.807, 2.05) is 0 Å². The Bertz CT molecular complexity index is 412. The van der Waals surface area contributed by atoms with E-state index in [4.69, 9.17) is 0 Å². The van der Waals surface area contributed by atoms with Crippen molar-refractivity contribution in [3.63, 3.8) is 0 Å². The molecule has 1 rings (SSSR count). The van der Waals surface area contributed by atoms with Gasteiger partial charge in [0, 0.05) is 19.0 Å². The van der Waals surface area contributed by atoms with Crippen molar-refractivity contribution in [2.24, 2.45) is 0 Å². The molecule has 1 amide bonds. The summed E-state index contributed by atoms with van der Waals surface area (Å²) >= 11 is 0. The molecule has 0 bridgehead atoms. The van der Waals surface area contributed by atoms with Crippen LogP contribution < -0.4 is 5.32 Å². The highest BCUT2D eigenvalue weighted by Crippen LogP contribution is 2.23. The second-order valence-corrected chi connectivity index (χ2v) is 3.92. The van der Waals surface area contributed by atoms with Crippen molar-refractivity contribution in [3.8, 4) is 0 Å². The fourth-order valence-electron chi connectivity index (χ4n) is 1.46. The maximum absolute atomic E-state index is 12.5. The minimum Gasteiger partial charge on any atom is -0.388 e. The fraction of sp³-hybridized carbons (Fsp3) is 0.417. The molecule has 0 radical (unpaired) electrons. The van der Waals surface area contributed by atoms with Crippen LogP contribution in [-0.2, 0) is 4.79 Å². The van der Waals surface area contributed by atoms with E-state index < -0.39 is 18.6 Å². The highest BCUT2D eigenvalue weighted by Gasteiger charge is 2.19. The number of carbonyl (C=O) groups excluding carboxylic acids is 1. The average Bonchev–Trinajstić information content (AvgIpc) is 2.35. The smallest absolute Gasteiger partial charge is 0.263 e. The summed E-state index contributed by atoms with van der Waals surface area (Å²) in [7, 11) is 0. The van der Waals surface area contributed by atoms with Crippen LogP contribution in [0.15, 0.2) is 24.3 Å². The van der Waals surface area contributed by atoms with Gasteiger partial charge in [-0.3, -0.25) is 4.79 Å². The lowest BCUT2D eigenvalue weighted by Gasteiger charge is -2.18. The van der Waals surface area contributed by atoms with E-state index in [0.717, 1.165) is 6.07 Å². The van der Waals surface area contributed by atoms with E-state index >= 15 is 0 Å². The van der Waals surface area contributed by atoms with Gasteiger partial charge in [-0.25, -0.2) is 8.78 Å². The van der Waals surface area contributed by atoms with Crippen LogP contribution in [0.25, 0.3) is 0 Å². The number of hydrogen-bond acceptors (Lipinski definition) is 3. The van der Waals surface area contributed by atoms with Crippen molar-refractivity contribution >= 4 is 5.91 Å². The van der Waals surface area contributed by atoms with Gasteiger partial charge in [0.15, 0.2) is 0 Å². The van der Waals surface area contributed by atoms with Crippen molar-refractivity contribution in [2.45, 2.75) is 25.6 Å². The summed E-state index contributed by atoms with van der Waals surface area (Å²) in [5.41, 5.74) is -0.0380. The number of carbonyl (C=O) groups is 1. The minimum absolute atomic E-state index is 0.143. The fourth-order valence-corrected chi connectivity index (χ4v) is 1.46. The number of hydrogen-bond donors (Lipinski definition) is 3. The molecule has 0 aliphatic rings. The van der Waals surface area contributed by atoms with Crippen LogP contribution in [0.1, 0.15) is 30.6 Å². The number of alkyl halides is 2. The van der Waals surface area contributed by atoms with E-state index in [1.54, 1.807) is 0 Å². The normalized spacial score (nSPS) is 14.3. The molecule has 2 unspecified atom stereocenters. The van der Waals surface area contributed by atoms with E-state index in [-0.39, 0.29) is 23.6 Å². The standard InChI is InChI=1S/C12H15F2NO3/c1-7(16)15-6-10(17)11(18)8-3-2-4-9(5-8)12(13)14/h2-5,10-12,17-18H,6H2,1H3,(H,15,16). The second kappa shape index (κ2) is 6.42. The number of amides is 1. The second-order valence-electron chi connectivity index (χ2n) is 3.92. The Morgan fingerprint density at radius 2 is 1.94 bits per heavy atom. The molecule has 0 saturated heterocycles. The van der Waals surface area contributed by atoms with Gasteiger partial charge in [-0.1, -0.05) is 18.2 Å². The van der Waals surface area contributed by atoms with Crippen molar-refractivity contribution in [2.75, 3.05) is 6.54 Å². The molecule has 0 heterocycles. The summed E-state index contributed by atoms with van der Waals surface area (Å²) in [5.74, 6) is -0.345. The highest BCUT2D eigenvalue weighted by atomic mass is 19.3. The summed E-state index contributed by atoms with van der Waals surface area (Å²) in [5, 5.41) is 21.7. The van der Waals surface area contributed by atoms with Crippen molar-refractivity contribution in [1.82, 2.24) is 5.32 Å². The van der Waals surface area contributed by atoms with Gasteiger partial charge < -0.3 is 15.5 Å². The van der Waals surface area contributed by atoms with E-state index in [9.17, 15) is 23.8 Å². The molecular formula is C12H15F2NO3. The lowest BCUT2D eigenvalue weighted by molar-refractivity contribution is -0.119. The van der Waals surface area contributed by atoms with E-state index in [1.165, 1.54) is 25.1 Å². The zero-order chi connectivity index (χ0) is 13.7. The number of aliphatic hydroxyl groups is 2. The van der Waals surface area contributed by atoms with Crippen LogP contribution in [0.3, 0.4) is 0 Å². The molecule has 18 heavy (non-hydrogen) atoms. The van der Waals surface area contributed by atoms with Crippen molar-refractivity contribution in [3.05, 3.63) is 35.4 Å². The number of rotatable bonds is 5. The summed E-state index contributed by atoms with van der Waals surface area (Å²) in [4.78, 5) is 10.6. The molecule has 4 nitrogen and oxygen atoms in total. The predicted octanol–water partition coefficient (Wildman–Crippen LogP) is 1.15. The molecule has 1 aromatic rings. The third-order valence-electron chi connectivity index (χ3n) is 2.43. The maximum atomic E-state index is 12.5. The third kappa shape index (κ3) is 4.05. The first-order valence-corrected chi connectivity index (χ1v) is 5.40. The predicted molar refractivity (Wildman–Crippen MR) is 61.0 cm³/mol. The van der Waals surface area contributed by atoms with Crippen LogP contribution in [0.5, 0.6) is 0 Å². The van der Waals surface area contributed by atoms with Crippen LogP contribution in [0.2, 0.25) is 0 Å². The highest BCUT2D eigenvalue weighted by molar-refractivity contribution is 5.72. The van der Waals surface area contributed by atoms with Gasteiger partial charge in [0.25, 0.3) is 6.43 Å². The molecular weight excluding hydrogens is 244 g/mol.